The Labute approximate surface area is 131 Å². The number of rotatable bonds is 6. The maximum Gasteiger partial charge on any atom is 0.258 e. The first kappa shape index (κ1) is 15.9. The molecule has 0 fully saturated rings. The Morgan fingerprint density at radius 3 is 2.36 bits per heavy atom. The molecule has 0 saturated heterocycles. The summed E-state index contributed by atoms with van der Waals surface area (Å²) in [5, 5.41) is 2.92. The van der Waals surface area contributed by atoms with Crippen LogP contribution in [0.1, 0.15) is 24.1 Å². The summed E-state index contributed by atoms with van der Waals surface area (Å²) in [5.74, 6) is 1.00. The molecule has 1 atom stereocenters. The Morgan fingerprint density at radius 2 is 1.73 bits per heavy atom. The summed E-state index contributed by atoms with van der Waals surface area (Å²) in [7, 11) is 1.57. The SMILES string of the molecule is COc1ccccc1OCC(=O)N[C@@H](C)c1ccc(C)cc1. The van der Waals surface area contributed by atoms with Gasteiger partial charge in [0.15, 0.2) is 18.1 Å². The lowest BCUT2D eigenvalue weighted by Crippen LogP contribution is -2.31. The van der Waals surface area contributed by atoms with Gasteiger partial charge in [0.05, 0.1) is 13.2 Å². The van der Waals surface area contributed by atoms with Gasteiger partial charge in [-0.2, -0.15) is 0 Å². The smallest absolute Gasteiger partial charge is 0.258 e. The second-order valence-electron chi connectivity index (χ2n) is 5.14. The third-order valence-electron chi connectivity index (χ3n) is 3.38. The lowest BCUT2D eigenvalue weighted by atomic mass is 10.1. The van der Waals surface area contributed by atoms with Crippen LogP contribution in [0.4, 0.5) is 0 Å². The van der Waals surface area contributed by atoms with E-state index >= 15 is 0 Å². The molecule has 0 aromatic heterocycles. The van der Waals surface area contributed by atoms with Crippen LogP contribution < -0.4 is 14.8 Å². The first-order chi connectivity index (χ1) is 10.6. The van der Waals surface area contributed by atoms with Gasteiger partial charge in [-0.15, -0.1) is 0 Å². The minimum Gasteiger partial charge on any atom is -0.493 e. The van der Waals surface area contributed by atoms with Gasteiger partial charge >= 0.3 is 0 Å². The lowest BCUT2D eigenvalue weighted by molar-refractivity contribution is -0.123. The first-order valence-electron chi connectivity index (χ1n) is 7.22. The second kappa shape index (κ2) is 7.50. The van der Waals surface area contributed by atoms with E-state index in [9.17, 15) is 4.79 Å². The number of para-hydroxylation sites is 2. The molecule has 0 aliphatic heterocycles. The topological polar surface area (TPSA) is 47.6 Å². The summed E-state index contributed by atoms with van der Waals surface area (Å²) in [4.78, 5) is 12.0. The number of aryl methyl sites for hydroxylation is 1. The van der Waals surface area contributed by atoms with Crippen molar-refractivity contribution in [2.45, 2.75) is 19.9 Å². The van der Waals surface area contributed by atoms with Crippen molar-refractivity contribution in [1.82, 2.24) is 5.32 Å². The summed E-state index contributed by atoms with van der Waals surface area (Å²) in [6, 6.07) is 15.3. The van der Waals surface area contributed by atoms with Gasteiger partial charge in [-0.05, 0) is 31.5 Å². The number of nitrogens with one attached hydrogen (secondary N) is 1. The predicted octanol–water partition coefficient (Wildman–Crippen LogP) is 3.26. The third-order valence-corrected chi connectivity index (χ3v) is 3.38. The van der Waals surface area contributed by atoms with Crippen molar-refractivity contribution < 1.29 is 14.3 Å². The normalized spacial score (nSPS) is 11.6. The predicted molar refractivity (Wildman–Crippen MR) is 86.2 cm³/mol. The van der Waals surface area contributed by atoms with Crippen molar-refractivity contribution in [3.8, 4) is 11.5 Å². The van der Waals surface area contributed by atoms with Gasteiger partial charge in [-0.3, -0.25) is 4.79 Å². The fourth-order valence-electron chi connectivity index (χ4n) is 2.10. The molecule has 0 spiro atoms. The summed E-state index contributed by atoms with van der Waals surface area (Å²) in [6.07, 6.45) is 0. The third kappa shape index (κ3) is 4.25. The van der Waals surface area contributed by atoms with E-state index in [0.717, 1.165) is 5.56 Å². The molecule has 0 heterocycles. The van der Waals surface area contributed by atoms with E-state index in [2.05, 4.69) is 5.32 Å². The van der Waals surface area contributed by atoms with Crippen LogP contribution in [0.3, 0.4) is 0 Å². The van der Waals surface area contributed by atoms with E-state index in [-0.39, 0.29) is 18.6 Å². The molecule has 0 saturated carbocycles. The highest BCUT2D eigenvalue weighted by Crippen LogP contribution is 2.25. The van der Waals surface area contributed by atoms with Crippen molar-refractivity contribution in [2.24, 2.45) is 0 Å². The molecule has 22 heavy (non-hydrogen) atoms. The molecule has 0 aliphatic rings. The molecule has 0 radical (unpaired) electrons. The van der Waals surface area contributed by atoms with Crippen LogP contribution >= 0.6 is 0 Å². The van der Waals surface area contributed by atoms with E-state index in [0.29, 0.717) is 11.5 Å². The summed E-state index contributed by atoms with van der Waals surface area (Å²) in [5.41, 5.74) is 2.26. The van der Waals surface area contributed by atoms with E-state index in [1.165, 1.54) is 5.56 Å². The quantitative estimate of drug-likeness (QED) is 0.890. The Balaban J connectivity index is 1.88. The van der Waals surface area contributed by atoms with Crippen LogP contribution in [-0.2, 0) is 4.79 Å². The van der Waals surface area contributed by atoms with Crippen molar-refractivity contribution in [2.75, 3.05) is 13.7 Å². The average molecular weight is 299 g/mol. The second-order valence-corrected chi connectivity index (χ2v) is 5.14. The van der Waals surface area contributed by atoms with Crippen molar-refractivity contribution >= 4 is 5.91 Å². The van der Waals surface area contributed by atoms with Gasteiger partial charge in [0, 0.05) is 0 Å². The summed E-state index contributed by atoms with van der Waals surface area (Å²) in [6.45, 7) is 3.94. The van der Waals surface area contributed by atoms with Crippen LogP contribution in [0.5, 0.6) is 11.5 Å². The summed E-state index contributed by atoms with van der Waals surface area (Å²) >= 11 is 0. The molecule has 0 bridgehead atoms. The minimum atomic E-state index is -0.168. The monoisotopic (exact) mass is 299 g/mol. The number of carbonyl (C=O) groups is 1. The minimum absolute atomic E-state index is 0.0451. The van der Waals surface area contributed by atoms with Crippen LogP contribution in [-0.4, -0.2) is 19.6 Å². The highest BCUT2D eigenvalue weighted by atomic mass is 16.5. The maximum absolute atomic E-state index is 12.0. The number of carbonyl (C=O) groups excluding carboxylic acids is 1. The number of benzene rings is 2. The fraction of sp³-hybridized carbons (Fsp3) is 0.278. The number of hydrogen-bond acceptors (Lipinski definition) is 3. The van der Waals surface area contributed by atoms with Crippen molar-refractivity contribution in [3.05, 3.63) is 59.7 Å². The molecule has 116 valence electrons. The molecule has 0 unspecified atom stereocenters. The molecule has 2 rings (SSSR count). The van der Waals surface area contributed by atoms with E-state index < -0.39 is 0 Å². The van der Waals surface area contributed by atoms with E-state index in [4.69, 9.17) is 9.47 Å². The van der Waals surface area contributed by atoms with Crippen LogP contribution in [0.25, 0.3) is 0 Å². The largest absolute Gasteiger partial charge is 0.493 e. The Bertz CT molecular complexity index is 622. The first-order valence-corrected chi connectivity index (χ1v) is 7.22. The average Bonchev–Trinajstić information content (AvgIpc) is 2.53. The maximum atomic E-state index is 12.0. The number of hydrogen-bond donors (Lipinski definition) is 1. The van der Waals surface area contributed by atoms with Crippen LogP contribution in [0.15, 0.2) is 48.5 Å². The van der Waals surface area contributed by atoms with Gasteiger partial charge < -0.3 is 14.8 Å². The van der Waals surface area contributed by atoms with Crippen molar-refractivity contribution in [3.63, 3.8) is 0 Å². The zero-order valence-corrected chi connectivity index (χ0v) is 13.1. The van der Waals surface area contributed by atoms with E-state index in [1.54, 1.807) is 19.2 Å². The van der Waals surface area contributed by atoms with Crippen LogP contribution in [0, 0.1) is 6.92 Å². The zero-order valence-electron chi connectivity index (χ0n) is 13.1. The standard InChI is InChI=1S/C18H21NO3/c1-13-8-10-15(11-9-13)14(2)19-18(20)12-22-17-7-5-4-6-16(17)21-3/h4-11,14H,12H2,1-3H3,(H,19,20)/t14-/m0/s1. The number of ether oxygens (including phenoxy) is 2. The Hall–Kier alpha value is -2.49. The van der Waals surface area contributed by atoms with Gasteiger partial charge in [-0.1, -0.05) is 42.0 Å². The van der Waals surface area contributed by atoms with Gasteiger partial charge in [-0.25, -0.2) is 0 Å². The zero-order chi connectivity index (χ0) is 15.9. The molecule has 4 heteroatoms. The fourth-order valence-corrected chi connectivity index (χ4v) is 2.10. The number of amides is 1. The highest BCUT2D eigenvalue weighted by molar-refractivity contribution is 5.78. The number of methoxy groups -OCH3 is 1. The molecule has 1 amide bonds. The van der Waals surface area contributed by atoms with Gasteiger partial charge in [0.25, 0.3) is 5.91 Å². The Morgan fingerprint density at radius 1 is 1.09 bits per heavy atom. The lowest BCUT2D eigenvalue weighted by Gasteiger charge is -2.15. The highest BCUT2D eigenvalue weighted by Gasteiger charge is 2.11. The molecule has 2 aromatic carbocycles. The molecule has 1 N–H and O–H groups in total. The van der Waals surface area contributed by atoms with E-state index in [1.807, 2.05) is 50.2 Å². The molecule has 4 nitrogen and oxygen atoms in total. The molecular formula is C18H21NO3. The summed E-state index contributed by atoms with van der Waals surface area (Å²) < 4.78 is 10.7. The molecular weight excluding hydrogens is 278 g/mol. The Kier molecular flexibility index (Phi) is 5.42. The van der Waals surface area contributed by atoms with Gasteiger partial charge in [0.2, 0.25) is 0 Å². The van der Waals surface area contributed by atoms with Gasteiger partial charge in [0.1, 0.15) is 0 Å². The molecule has 2 aromatic rings. The molecule has 0 aliphatic carbocycles. The van der Waals surface area contributed by atoms with Crippen LogP contribution in [0.2, 0.25) is 0 Å². The van der Waals surface area contributed by atoms with Crippen molar-refractivity contribution in [1.29, 1.82) is 0 Å².